The van der Waals surface area contributed by atoms with Crippen molar-refractivity contribution in [1.29, 1.82) is 0 Å². The normalized spacial score (nSPS) is 16.9. The molecule has 0 atom stereocenters. The Bertz CT molecular complexity index is 731. The van der Waals surface area contributed by atoms with Gasteiger partial charge in [-0.15, -0.1) is 0 Å². The minimum Gasteiger partial charge on any atom is -0.305 e. The SMILES string of the molecule is O=c1[nH]c2c(Cl)cccc2c(=O)n1C1CCSCC1. The first kappa shape index (κ1) is 12.8. The highest BCUT2D eigenvalue weighted by Gasteiger charge is 2.20. The van der Waals surface area contributed by atoms with Gasteiger partial charge in [-0.1, -0.05) is 17.7 Å². The zero-order valence-corrected chi connectivity index (χ0v) is 11.8. The van der Waals surface area contributed by atoms with Gasteiger partial charge < -0.3 is 4.98 Å². The standard InChI is InChI=1S/C13H13ClN2O2S/c14-10-3-1-2-9-11(10)15-13(18)16(12(9)17)8-4-6-19-7-5-8/h1-3,8H,4-7H2,(H,15,18). The largest absolute Gasteiger partial charge is 0.329 e. The maximum Gasteiger partial charge on any atom is 0.329 e. The summed E-state index contributed by atoms with van der Waals surface area (Å²) >= 11 is 7.88. The third-order valence-electron chi connectivity index (χ3n) is 3.47. The zero-order chi connectivity index (χ0) is 13.4. The number of hydrogen-bond donors (Lipinski definition) is 1. The Kier molecular flexibility index (Phi) is 3.41. The molecule has 0 bridgehead atoms. The van der Waals surface area contributed by atoms with E-state index in [4.69, 9.17) is 11.6 Å². The molecule has 0 aliphatic carbocycles. The average molecular weight is 297 g/mol. The van der Waals surface area contributed by atoms with Crippen molar-refractivity contribution in [2.75, 3.05) is 11.5 Å². The Morgan fingerprint density at radius 1 is 1.26 bits per heavy atom. The Balaban J connectivity index is 2.26. The molecule has 6 heteroatoms. The number of H-pyrrole nitrogens is 1. The molecule has 1 aromatic heterocycles. The molecule has 1 N–H and O–H groups in total. The van der Waals surface area contributed by atoms with E-state index in [2.05, 4.69) is 4.98 Å². The molecule has 1 aromatic carbocycles. The van der Waals surface area contributed by atoms with Crippen molar-refractivity contribution in [3.63, 3.8) is 0 Å². The number of rotatable bonds is 1. The number of hydrogen-bond acceptors (Lipinski definition) is 3. The van der Waals surface area contributed by atoms with Gasteiger partial charge in [-0.05, 0) is 36.5 Å². The minimum atomic E-state index is -0.359. The third kappa shape index (κ3) is 2.21. The van der Waals surface area contributed by atoms with Crippen molar-refractivity contribution in [3.8, 4) is 0 Å². The van der Waals surface area contributed by atoms with Gasteiger partial charge in [0.2, 0.25) is 0 Å². The highest BCUT2D eigenvalue weighted by molar-refractivity contribution is 7.99. The van der Waals surface area contributed by atoms with Crippen molar-refractivity contribution in [2.45, 2.75) is 18.9 Å². The lowest BCUT2D eigenvalue weighted by molar-refractivity contribution is 0.441. The summed E-state index contributed by atoms with van der Waals surface area (Å²) < 4.78 is 1.36. The summed E-state index contributed by atoms with van der Waals surface area (Å²) in [5, 5.41) is 0.878. The van der Waals surface area contributed by atoms with E-state index in [-0.39, 0.29) is 17.3 Å². The lowest BCUT2D eigenvalue weighted by Crippen LogP contribution is -2.39. The van der Waals surface area contributed by atoms with E-state index in [0.29, 0.717) is 15.9 Å². The molecule has 1 fully saturated rings. The van der Waals surface area contributed by atoms with Crippen LogP contribution in [0.3, 0.4) is 0 Å². The van der Waals surface area contributed by atoms with Crippen molar-refractivity contribution in [3.05, 3.63) is 44.1 Å². The quantitative estimate of drug-likeness (QED) is 0.879. The average Bonchev–Trinajstić information content (AvgIpc) is 2.41. The number of halogens is 1. The van der Waals surface area contributed by atoms with Crippen molar-refractivity contribution in [2.24, 2.45) is 0 Å². The van der Waals surface area contributed by atoms with Crippen LogP contribution in [0.5, 0.6) is 0 Å². The van der Waals surface area contributed by atoms with E-state index < -0.39 is 0 Å². The van der Waals surface area contributed by atoms with Crippen LogP contribution in [-0.4, -0.2) is 21.1 Å². The van der Waals surface area contributed by atoms with Crippen LogP contribution in [0.1, 0.15) is 18.9 Å². The summed E-state index contributed by atoms with van der Waals surface area (Å²) in [6.07, 6.45) is 1.72. The van der Waals surface area contributed by atoms with Crippen LogP contribution in [0.4, 0.5) is 0 Å². The fourth-order valence-corrected chi connectivity index (χ4v) is 3.80. The molecular formula is C13H13ClN2O2S. The molecule has 1 aliphatic heterocycles. The molecule has 100 valence electrons. The molecular weight excluding hydrogens is 284 g/mol. The van der Waals surface area contributed by atoms with Gasteiger partial charge in [0, 0.05) is 6.04 Å². The third-order valence-corrected chi connectivity index (χ3v) is 4.83. The number of aromatic nitrogens is 2. The van der Waals surface area contributed by atoms with Crippen molar-refractivity contribution < 1.29 is 0 Å². The number of benzene rings is 1. The van der Waals surface area contributed by atoms with Crippen LogP contribution < -0.4 is 11.2 Å². The second-order valence-electron chi connectivity index (χ2n) is 4.61. The van der Waals surface area contributed by atoms with E-state index in [9.17, 15) is 9.59 Å². The first-order valence-corrected chi connectivity index (χ1v) is 7.72. The fourth-order valence-electron chi connectivity index (χ4n) is 2.49. The predicted octanol–water partition coefficient (Wildman–Crippen LogP) is 2.41. The number of thioether (sulfide) groups is 1. The van der Waals surface area contributed by atoms with Crippen LogP contribution in [0.15, 0.2) is 27.8 Å². The summed E-state index contributed by atoms with van der Waals surface area (Å²) in [6.45, 7) is 0. The van der Waals surface area contributed by atoms with E-state index in [1.165, 1.54) is 4.57 Å². The van der Waals surface area contributed by atoms with Crippen molar-refractivity contribution in [1.82, 2.24) is 9.55 Å². The predicted molar refractivity (Wildman–Crippen MR) is 79.4 cm³/mol. The molecule has 1 saturated heterocycles. The summed E-state index contributed by atoms with van der Waals surface area (Å²) in [6, 6.07) is 5.10. The molecule has 1 aliphatic rings. The Hall–Kier alpha value is -1.20. The van der Waals surface area contributed by atoms with Crippen LogP contribution in [0.2, 0.25) is 5.02 Å². The lowest BCUT2D eigenvalue weighted by atomic mass is 10.1. The summed E-state index contributed by atoms with van der Waals surface area (Å²) in [5.41, 5.74) is -0.166. The lowest BCUT2D eigenvalue weighted by Gasteiger charge is -2.22. The van der Waals surface area contributed by atoms with Gasteiger partial charge in [0.15, 0.2) is 0 Å². The second-order valence-corrected chi connectivity index (χ2v) is 6.24. The molecule has 0 spiro atoms. The molecule has 0 saturated carbocycles. The van der Waals surface area contributed by atoms with Gasteiger partial charge in [0.05, 0.1) is 15.9 Å². The van der Waals surface area contributed by atoms with Gasteiger partial charge in [0.1, 0.15) is 0 Å². The van der Waals surface area contributed by atoms with Gasteiger partial charge in [0.25, 0.3) is 5.56 Å². The van der Waals surface area contributed by atoms with E-state index >= 15 is 0 Å². The number of fused-ring (bicyclic) bond motifs is 1. The van der Waals surface area contributed by atoms with Crippen molar-refractivity contribution >= 4 is 34.3 Å². The zero-order valence-electron chi connectivity index (χ0n) is 10.2. The Morgan fingerprint density at radius 3 is 2.74 bits per heavy atom. The molecule has 2 heterocycles. The monoisotopic (exact) mass is 296 g/mol. The topological polar surface area (TPSA) is 54.9 Å². The summed E-state index contributed by atoms with van der Waals surface area (Å²) in [4.78, 5) is 27.4. The van der Waals surface area contributed by atoms with E-state index in [0.717, 1.165) is 24.3 Å². The summed E-state index contributed by atoms with van der Waals surface area (Å²) in [7, 11) is 0. The van der Waals surface area contributed by atoms with Gasteiger partial charge in [-0.25, -0.2) is 4.79 Å². The van der Waals surface area contributed by atoms with Gasteiger partial charge in [-0.2, -0.15) is 11.8 Å². The second kappa shape index (κ2) is 5.06. The van der Waals surface area contributed by atoms with Gasteiger partial charge >= 0.3 is 5.69 Å². The van der Waals surface area contributed by atoms with Crippen LogP contribution in [0, 0.1) is 0 Å². The number of aromatic amines is 1. The first-order chi connectivity index (χ1) is 9.18. The van der Waals surface area contributed by atoms with Gasteiger partial charge in [-0.3, -0.25) is 9.36 Å². The smallest absolute Gasteiger partial charge is 0.305 e. The summed E-state index contributed by atoms with van der Waals surface area (Å²) in [5.74, 6) is 1.98. The van der Waals surface area contributed by atoms with Crippen LogP contribution in [0.25, 0.3) is 10.9 Å². The highest BCUT2D eigenvalue weighted by Crippen LogP contribution is 2.25. The maximum absolute atomic E-state index is 12.5. The molecule has 4 nitrogen and oxygen atoms in total. The van der Waals surface area contributed by atoms with Crippen LogP contribution >= 0.6 is 23.4 Å². The molecule has 0 radical (unpaired) electrons. The minimum absolute atomic E-state index is 0.000816. The molecule has 0 amide bonds. The highest BCUT2D eigenvalue weighted by atomic mass is 35.5. The molecule has 2 aromatic rings. The van der Waals surface area contributed by atoms with E-state index in [1.807, 2.05) is 11.8 Å². The Labute approximate surface area is 118 Å². The van der Waals surface area contributed by atoms with E-state index in [1.54, 1.807) is 18.2 Å². The molecule has 3 rings (SSSR count). The fraction of sp³-hybridized carbons (Fsp3) is 0.385. The first-order valence-electron chi connectivity index (χ1n) is 6.19. The van der Waals surface area contributed by atoms with Crippen LogP contribution in [-0.2, 0) is 0 Å². The number of para-hydroxylation sites is 1. The number of nitrogens with zero attached hydrogens (tertiary/aromatic N) is 1. The maximum atomic E-state index is 12.5. The number of nitrogens with one attached hydrogen (secondary N) is 1. The Morgan fingerprint density at radius 2 is 2.00 bits per heavy atom. The molecule has 19 heavy (non-hydrogen) atoms. The molecule has 0 unspecified atom stereocenters.